The van der Waals surface area contributed by atoms with Gasteiger partial charge in [-0.25, -0.2) is 0 Å². The molecule has 0 aromatic heterocycles. The molecule has 0 spiro atoms. The quantitative estimate of drug-likeness (QED) is 0.402. The molecule has 1 amide bonds. The minimum absolute atomic E-state index is 0.0456. The molecule has 0 aromatic carbocycles. The van der Waals surface area contributed by atoms with E-state index in [0.717, 1.165) is 32.5 Å². The summed E-state index contributed by atoms with van der Waals surface area (Å²) >= 11 is 0. The number of rotatable bonds is 12. The zero-order chi connectivity index (χ0) is 17.0. The van der Waals surface area contributed by atoms with E-state index in [4.69, 9.17) is 9.47 Å². The Bertz CT molecular complexity index is 319. The van der Waals surface area contributed by atoms with Gasteiger partial charge in [0.2, 0.25) is 5.91 Å². The van der Waals surface area contributed by atoms with Crippen LogP contribution in [0.5, 0.6) is 0 Å². The molecule has 0 bridgehead atoms. The largest absolute Gasteiger partial charge is 0.469 e. The molecule has 0 aromatic rings. The van der Waals surface area contributed by atoms with Crippen molar-refractivity contribution in [2.24, 2.45) is 5.92 Å². The second kappa shape index (κ2) is 12.4. The fourth-order valence-corrected chi connectivity index (χ4v) is 2.32. The molecule has 0 N–H and O–H groups in total. The first-order chi connectivity index (χ1) is 10.5. The van der Waals surface area contributed by atoms with Gasteiger partial charge in [-0.2, -0.15) is 0 Å². The molecule has 0 rings (SSSR count). The van der Waals surface area contributed by atoms with E-state index in [-0.39, 0.29) is 24.4 Å². The van der Waals surface area contributed by atoms with Crippen LogP contribution in [0.25, 0.3) is 0 Å². The van der Waals surface area contributed by atoms with Crippen LogP contribution in [0.15, 0.2) is 0 Å². The van der Waals surface area contributed by atoms with Gasteiger partial charge in [0.25, 0.3) is 0 Å². The van der Waals surface area contributed by atoms with Crippen molar-refractivity contribution in [1.29, 1.82) is 0 Å². The standard InChI is InChI=1S/C16H32N2O4/c1-6-17(7-2)10-8-9-11-18(15(19)13-21-4)12-14(3)16(20)22-5/h14H,6-13H2,1-5H3. The lowest BCUT2D eigenvalue weighted by molar-refractivity contribution is -0.147. The number of hydrogen-bond acceptors (Lipinski definition) is 5. The zero-order valence-corrected chi connectivity index (χ0v) is 14.8. The Labute approximate surface area is 134 Å². The van der Waals surface area contributed by atoms with Gasteiger partial charge in [-0.15, -0.1) is 0 Å². The Kier molecular flexibility index (Phi) is 11.8. The SMILES string of the molecule is CCN(CC)CCCCN(CC(C)C(=O)OC)C(=O)COC. The Morgan fingerprint density at radius 2 is 1.64 bits per heavy atom. The summed E-state index contributed by atoms with van der Waals surface area (Å²) in [7, 11) is 2.87. The normalized spacial score (nSPS) is 12.3. The number of esters is 1. The Morgan fingerprint density at radius 1 is 1.05 bits per heavy atom. The minimum atomic E-state index is -0.325. The van der Waals surface area contributed by atoms with Gasteiger partial charge < -0.3 is 19.3 Å². The fraction of sp³-hybridized carbons (Fsp3) is 0.875. The summed E-state index contributed by atoms with van der Waals surface area (Å²) in [6.45, 7) is 10.3. The van der Waals surface area contributed by atoms with Crippen LogP contribution >= 0.6 is 0 Å². The number of amides is 1. The summed E-state index contributed by atoms with van der Waals surface area (Å²) in [4.78, 5) is 27.7. The second-order valence-electron chi connectivity index (χ2n) is 5.43. The zero-order valence-electron chi connectivity index (χ0n) is 14.8. The molecule has 0 fully saturated rings. The summed E-state index contributed by atoms with van der Waals surface area (Å²) in [5, 5.41) is 0. The third-order valence-electron chi connectivity index (χ3n) is 3.77. The molecule has 0 heterocycles. The highest BCUT2D eigenvalue weighted by molar-refractivity contribution is 5.78. The van der Waals surface area contributed by atoms with E-state index < -0.39 is 0 Å². The predicted octanol–water partition coefficient (Wildman–Crippen LogP) is 1.39. The monoisotopic (exact) mass is 316 g/mol. The highest BCUT2D eigenvalue weighted by atomic mass is 16.5. The van der Waals surface area contributed by atoms with E-state index in [1.54, 1.807) is 11.8 Å². The molecular formula is C16H32N2O4. The van der Waals surface area contributed by atoms with Gasteiger partial charge in [-0.1, -0.05) is 20.8 Å². The lowest BCUT2D eigenvalue weighted by Gasteiger charge is -2.25. The Morgan fingerprint density at radius 3 is 2.14 bits per heavy atom. The van der Waals surface area contributed by atoms with Gasteiger partial charge >= 0.3 is 5.97 Å². The molecule has 130 valence electrons. The molecule has 0 saturated heterocycles. The topological polar surface area (TPSA) is 59.1 Å². The maximum Gasteiger partial charge on any atom is 0.310 e. The first kappa shape index (κ1) is 20.9. The molecule has 22 heavy (non-hydrogen) atoms. The molecule has 6 heteroatoms. The predicted molar refractivity (Wildman–Crippen MR) is 86.7 cm³/mol. The molecule has 0 aliphatic rings. The lowest BCUT2D eigenvalue weighted by Crippen LogP contribution is -2.40. The third kappa shape index (κ3) is 8.34. The van der Waals surface area contributed by atoms with Crippen molar-refractivity contribution in [2.45, 2.75) is 33.6 Å². The summed E-state index contributed by atoms with van der Waals surface area (Å²) in [5.74, 6) is -0.701. The van der Waals surface area contributed by atoms with E-state index in [9.17, 15) is 9.59 Å². The highest BCUT2D eigenvalue weighted by Crippen LogP contribution is 2.06. The van der Waals surface area contributed by atoms with Crippen molar-refractivity contribution in [3.8, 4) is 0 Å². The molecule has 1 unspecified atom stereocenters. The van der Waals surface area contributed by atoms with Gasteiger partial charge in [0.1, 0.15) is 6.61 Å². The van der Waals surface area contributed by atoms with E-state index in [1.165, 1.54) is 14.2 Å². The van der Waals surface area contributed by atoms with Crippen molar-refractivity contribution in [3.63, 3.8) is 0 Å². The number of unbranched alkanes of at least 4 members (excludes halogenated alkanes) is 1. The smallest absolute Gasteiger partial charge is 0.310 e. The van der Waals surface area contributed by atoms with Crippen LogP contribution in [0, 0.1) is 5.92 Å². The van der Waals surface area contributed by atoms with Crippen LogP contribution < -0.4 is 0 Å². The summed E-state index contributed by atoms with van der Waals surface area (Å²) in [6, 6.07) is 0. The highest BCUT2D eigenvalue weighted by Gasteiger charge is 2.21. The van der Waals surface area contributed by atoms with Crippen LogP contribution in [0.4, 0.5) is 0 Å². The molecule has 0 aliphatic heterocycles. The molecule has 0 radical (unpaired) electrons. The number of hydrogen-bond donors (Lipinski definition) is 0. The molecule has 1 atom stereocenters. The third-order valence-corrected chi connectivity index (χ3v) is 3.77. The van der Waals surface area contributed by atoms with E-state index >= 15 is 0 Å². The van der Waals surface area contributed by atoms with Crippen molar-refractivity contribution < 1.29 is 19.1 Å². The summed E-state index contributed by atoms with van der Waals surface area (Å²) in [5.41, 5.74) is 0. The molecular weight excluding hydrogens is 284 g/mol. The van der Waals surface area contributed by atoms with Gasteiger partial charge in [-0.05, 0) is 32.5 Å². The first-order valence-electron chi connectivity index (χ1n) is 8.06. The van der Waals surface area contributed by atoms with Crippen LogP contribution in [0.2, 0.25) is 0 Å². The number of ether oxygens (including phenoxy) is 2. The molecule has 0 saturated carbocycles. The van der Waals surface area contributed by atoms with Gasteiger partial charge in [0, 0.05) is 20.2 Å². The first-order valence-corrected chi connectivity index (χ1v) is 8.06. The van der Waals surface area contributed by atoms with Crippen molar-refractivity contribution in [1.82, 2.24) is 9.80 Å². The van der Waals surface area contributed by atoms with Crippen LogP contribution in [0.1, 0.15) is 33.6 Å². The lowest BCUT2D eigenvalue weighted by atomic mass is 10.1. The number of methoxy groups -OCH3 is 2. The van der Waals surface area contributed by atoms with Gasteiger partial charge in [0.05, 0.1) is 13.0 Å². The number of carbonyl (C=O) groups is 2. The van der Waals surface area contributed by atoms with E-state index in [0.29, 0.717) is 13.1 Å². The van der Waals surface area contributed by atoms with Crippen LogP contribution in [-0.4, -0.2) is 75.2 Å². The van der Waals surface area contributed by atoms with Gasteiger partial charge in [0.15, 0.2) is 0 Å². The van der Waals surface area contributed by atoms with Crippen LogP contribution in [-0.2, 0) is 19.1 Å². The average Bonchev–Trinajstić information content (AvgIpc) is 2.52. The van der Waals surface area contributed by atoms with Crippen molar-refractivity contribution in [2.75, 3.05) is 53.6 Å². The van der Waals surface area contributed by atoms with E-state index in [1.807, 2.05) is 0 Å². The minimum Gasteiger partial charge on any atom is -0.469 e. The molecule has 0 aliphatic carbocycles. The molecule has 6 nitrogen and oxygen atoms in total. The van der Waals surface area contributed by atoms with Gasteiger partial charge in [-0.3, -0.25) is 9.59 Å². The van der Waals surface area contributed by atoms with Crippen molar-refractivity contribution in [3.05, 3.63) is 0 Å². The van der Waals surface area contributed by atoms with Crippen molar-refractivity contribution >= 4 is 11.9 Å². The average molecular weight is 316 g/mol. The second-order valence-corrected chi connectivity index (χ2v) is 5.43. The summed E-state index contributed by atoms with van der Waals surface area (Å²) < 4.78 is 9.64. The number of carbonyl (C=O) groups excluding carboxylic acids is 2. The Hall–Kier alpha value is -1.14. The fourth-order valence-electron chi connectivity index (χ4n) is 2.32. The summed E-state index contributed by atoms with van der Waals surface area (Å²) in [6.07, 6.45) is 1.95. The Balaban J connectivity index is 4.36. The number of nitrogens with zero attached hydrogens (tertiary/aromatic N) is 2. The van der Waals surface area contributed by atoms with E-state index in [2.05, 4.69) is 18.7 Å². The maximum atomic E-state index is 12.1. The maximum absolute atomic E-state index is 12.1. The van der Waals surface area contributed by atoms with Crippen LogP contribution in [0.3, 0.4) is 0 Å².